The zero-order valence-corrected chi connectivity index (χ0v) is 22.0. The lowest BCUT2D eigenvalue weighted by atomic mass is 9.44. The van der Waals surface area contributed by atoms with Gasteiger partial charge in [-0.15, -0.1) is 0 Å². The van der Waals surface area contributed by atoms with Crippen LogP contribution in [0.5, 0.6) is 0 Å². The Labute approximate surface area is 201 Å². The number of ketones is 1. The summed E-state index contributed by atoms with van der Waals surface area (Å²) in [7, 11) is 0. The van der Waals surface area contributed by atoms with Crippen LogP contribution in [0, 0.1) is 46.3 Å². The number of esters is 1. The van der Waals surface area contributed by atoms with Gasteiger partial charge in [0.15, 0.2) is 0 Å². The summed E-state index contributed by atoms with van der Waals surface area (Å²) in [6.45, 7) is 13.1. The largest absolute Gasteiger partial charge is 0.460 e. The molecule has 0 aromatic rings. The smallest absolute Gasteiger partial charge is 0.306 e. The van der Waals surface area contributed by atoms with Crippen LogP contribution in [0.15, 0.2) is 0 Å². The standard InChI is InChI=1S/C29H48O4/c1-18(8-7-9-25(32)33-27(2,3)4)21-10-11-22-26-23(13-15-29(21,22)6)28(5)14-12-20(30)16-19(28)17-24(26)31/h18-19,21-24,26,31H,7-17H2,1-6H3/t18-,19+,21-,22+,23+,24+,26+,28+,29-/m1/s1. The average molecular weight is 461 g/mol. The van der Waals surface area contributed by atoms with E-state index in [0.717, 1.165) is 32.1 Å². The lowest BCUT2D eigenvalue weighted by Gasteiger charge is -2.62. The number of hydrogen-bond donors (Lipinski definition) is 1. The lowest BCUT2D eigenvalue weighted by molar-refractivity contribution is -0.169. The second-order valence-electron chi connectivity index (χ2n) is 13.7. The van der Waals surface area contributed by atoms with Crippen molar-refractivity contribution in [2.75, 3.05) is 0 Å². The molecule has 4 aliphatic carbocycles. The molecule has 4 fully saturated rings. The molecule has 4 aliphatic rings. The summed E-state index contributed by atoms with van der Waals surface area (Å²) in [5.41, 5.74) is 0.118. The molecule has 0 amide bonds. The number of Topliss-reactive ketones (excluding diaryl/α,β-unsaturated/α-hetero) is 1. The molecule has 4 rings (SSSR count). The third-order valence-electron chi connectivity index (χ3n) is 10.7. The minimum Gasteiger partial charge on any atom is -0.460 e. The summed E-state index contributed by atoms with van der Waals surface area (Å²) in [6, 6.07) is 0. The molecule has 9 atom stereocenters. The van der Waals surface area contributed by atoms with E-state index in [2.05, 4.69) is 20.8 Å². The summed E-state index contributed by atoms with van der Waals surface area (Å²) in [5, 5.41) is 11.4. The van der Waals surface area contributed by atoms with E-state index in [9.17, 15) is 14.7 Å². The van der Waals surface area contributed by atoms with Crippen molar-refractivity contribution in [1.29, 1.82) is 0 Å². The van der Waals surface area contributed by atoms with Crippen LogP contribution in [0.4, 0.5) is 0 Å². The molecule has 0 radical (unpaired) electrons. The fraction of sp³-hybridized carbons (Fsp3) is 0.931. The van der Waals surface area contributed by atoms with Crippen LogP contribution in [-0.4, -0.2) is 28.6 Å². The van der Waals surface area contributed by atoms with Gasteiger partial charge in [0, 0.05) is 19.3 Å². The van der Waals surface area contributed by atoms with Gasteiger partial charge in [-0.05, 0) is 118 Å². The Balaban J connectivity index is 1.41. The lowest BCUT2D eigenvalue weighted by Crippen LogP contribution is -2.58. The zero-order chi connectivity index (χ0) is 24.2. The minimum atomic E-state index is -0.407. The zero-order valence-electron chi connectivity index (χ0n) is 22.0. The second-order valence-corrected chi connectivity index (χ2v) is 13.7. The van der Waals surface area contributed by atoms with Gasteiger partial charge in [0.1, 0.15) is 11.4 Å². The first-order chi connectivity index (χ1) is 15.3. The molecule has 0 aliphatic heterocycles. The highest BCUT2D eigenvalue weighted by molar-refractivity contribution is 5.79. The first kappa shape index (κ1) is 25.2. The maximum atomic E-state index is 12.2. The fourth-order valence-corrected chi connectivity index (χ4v) is 9.15. The van der Waals surface area contributed by atoms with E-state index in [1.54, 1.807) is 0 Å². The molecule has 33 heavy (non-hydrogen) atoms. The van der Waals surface area contributed by atoms with E-state index in [1.807, 2.05) is 20.8 Å². The molecule has 4 heteroatoms. The first-order valence-corrected chi connectivity index (χ1v) is 13.8. The highest BCUT2D eigenvalue weighted by Gasteiger charge is 2.62. The quantitative estimate of drug-likeness (QED) is 0.487. The number of aliphatic hydroxyl groups is 1. The SMILES string of the molecule is C[C@H](CCCC(=O)OC(C)(C)C)[C@H]1CC[C@H]2[C@@H]3[C@@H](O)C[C@@H]4CC(=O)CC[C@]4(C)[C@H]3CC[C@]12C. The molecule has 0 bridgehead atoms. The average Bonchev–Trinajstić information content (AvgIpc) is 3.05. The van der Waals surface area contributed by atoms with Gasteiger partial charge in [-0.1, -0.05) is 20.8 Å². The van der Waals surface area contributed by atoms with Crippen LogP contribution in [0.2, 0.25) is 0 Å². The van der Waals surface area contributed by atoms with Crippen molar-refractivity contribution in [3.8, 4) is 0 Å². The van der Waals surface area contributed by atoms with Crippen LogP contribution in [0.25, 0.3) is 0 Å². The highest BCUT2D eigenvalue weighted by Crippen LogP contribution is 2.68. The Morgan fingerprint density at radius 1 is 1.12 bits per heavy atom. The van der Waals surface area contributed by atoms with Gasteiger partial charge in [0.25, 0.3) is 0 Å². The van der Waals surface area contributed by atoms with Crippen molar-refractivity contribution in [3.05, 3.63) is 0 Å². The van der Waals surface area contributed by atoms with E-state index in [4.69, 9.17) is 4.74 Å². The van der Waals surface area contributed by atoms with E-state index in [0.29, 0.717) is 59.5 Å². The van der Waals surface area contributed by atoms with Gasteiger partial charge in [-0.3, -0.25) is 9.59 Å². The van der Waals surface area contributed by atoms with Gasteiger partial charge < -0.3 is 9.84 Å². The predicted octanol–water partition coefficient (Wildman–Crippen LogP) is 6.33. The summed E-state index contributed by atoms with van der Waals surface area (Å²) in [6.07, 6.45) is 10.5. The number of rotatable bonds is 5. The predicted molar refractivity (Wildman–Crippen MR) is 130 cm³/mol. The highest BCUT2D eigenvalue weighted by atomic mass is 16.6. The molecule has 0 unspecified atom stereocenters. The Kier molecular flexibility index (Phi) is 6.84. The second kappa shape index (κ2) is 8.95. The molecule has 0 aromatic carbocycles. The molecule has 0 aromatic heterocycles. The van der Waals surface area contributed by atoms with Crippen LogP contribution in [-0.2, 0) is 14.3 Å². The number of fused-ring (bicyclic) bond motifs is 5. The van der Waals surface area contributed by atoms with Crippen molar-refractivity contribution >= 4 is 11.8 Å². The summed E-state index contributed by atoms with van der Waals surface area (Å²) >= 11 is 0. The maximum absolute atomic E-state index is 12.2. The normalized spacial score (nSPS) is 43.9. The minimum absolute atomic E-state index is 0.0789. The van der Waals surface area contributed by atoms with Crippen LogP contribution in [0.3, 0.4) is 0 Å². The molecule has 0 spiro atoms. The Bertz CT molecular complexity index is 753. The van der Waals surface area contributed by atoms with Crippen molar-refractivity contribution in [2.24, 2.45) is 46.3 Å². The van der Waals surface area contributed by atoms with E-state index in [1.165, 1.54) is 25.7 Å². The van der Waals surface area contributed by atoms with E-state index < -0.39 is 5.60 Å². The van der Waals surface area contributed by atoms with Gasteiger partial charge >= 0.3 is 5.97 Å². The fourth-order valence-electron chi connectivity index (χ4n) is 9.15. The summed E-state index contributed by atoms with van der Waals surface area (Å²) in [4.78, 5) is 24.3. The molecule has 188 valence electrons. The van der Waals surface area contributed by atoms with Gasteiger partial charge in [0.05, 0.1) is 6.10 Å². The van der Waals surface area contributed by atoms with Gasteiger partial charge in [0.2, 0.25) is 0 Å². The Morgan fingerprint density at radius 3 is 2.52 bits per heavy atom. The molecule has 1 N–H and O–H groups in total. The van der Waals surface area contributed by atoms with Crippen LogP contribution >= 0.6 is 0 Å². The maximum Gasteiger partial charge on any atom is 0.306 e. The summed E-state index contributed by atoms with van der Waals surface area (Å²) < 4.78 is 5.49. The molecule has 0 heterocycles. The summed E-state index contributed by atoms with van der Waals surface area (Å²) in [5.74, 6) is 3.54. The molecule has 4 saturated carbocycles. The number of aliphatic hydroxyl groups excluding tert-OH is 1. The van der Waals surface area contributed by atoms with Crippen molar-refractivity contribution in [2.45, 2.75) is 124 Å². The molecular formula is C29H48O4. The number of carbonyl (C=O) groups excluding carboxylic acids is 2. The number of carbonyl (C=O) groups is 2. The Hall–Kier alpha value is -0.900. The van der Waals surface area contributed by atoms with Crippen molar-refractivity contribution in [3.63, 3.8) is 0 Å². The van der Waals surface area contributed by atoms with Crippen molar-refractivity contribution < 1.29 is 19.4 Å². The molecular weight excluding hydrogens is 412 g/mol. The number of ether oxygens (including phenoxy) is 1. The first-order valence-electron chi connectivity index (χ1n) is 13.8. The molecule has 0 saturated heterocycles. The monoisotopic (exact) mass is 460 g/mol. The third kappa shape index (κ3) is 4.67. The molecule has 4 nitrogen and oxygen atoms in total. The van der Waals surface area contributed by atoms with Crippen LogP contribution in [0.1, 0.15) is 112 Å². The topological polar surface area (TPSA) is 63.6 Å². The van der Waals surface area contributed by atoms with Gasteiger partial charge in [-0.2, -0.15) is 0 Å². The third-order valence-corrected chi connectivity index (χ3v) is 10.7. The Morgan fingerprint density at radius 2 is 1.82 bits per heavy atom. The van der Waals surface area contributed by atoms with Crippen molar-refractivity contribution in [1.82, 2.24) is 0 Å². The number of hydrogen-bond acceptors (Lipinski definition) is 4. The van der Waals surface area contributed by atoms with E-state index in [-0.39, 0.29) is 17.5 Å². The van der Waals surface area contributed by atoms with Crippen LogP contribution < -0.4 is 0 Å². The van der Waals surface area contributed by atoms with E-state index >= 15 is 0 Å². The van der Waals surface area contributed by atoms with Gasteiger partial charge in [-0.25, -0.2) is 0 Å².